The van der Waals surface area contributed by atoms with Crippen molar-refractivity contribution in [1.29, 1.82) is 5.26 Å². The van der Waals surface area contributed by atoms with Crippen LogP contribution in [0.25, 0.3) is 0 Å². The van der Waals surface area contributed by atoms with Gasteiger partial charge in [0.15, 0.2) is 0 Å². The van der Waals surface area contributed by atoms with Crippen molar-refractivity contribution in [3.63, 3.8) is 0 Å². The minimum absolute atomic E-state index is 0.0350. The van der Waals surface area contributed by atoms with E-state index >= 15 is 0 Å². The number of nitrogens with two attached hydrogens (primary N) is 1. The lowest BCUT2D eigenvalue weighted by atomic mass is 9.84. The quantitative estimate of drug-likeness (QED) is 0.691. The smallest absolute Gasteiger partial charge is 0.258 e. The molecule has 0 aliphatic carbocycles. The van der Waals surface area contributed by atoms with Crippen LogP contribution in [0.4, 0.5) is 0 Å². The standard InChI is InChI=1S/C25H30N4O4/c1-3-32-19-7-5-18(6-8-19)22-20(16-26)24(27)33-21-15-17(2)29(25(30)23(21)22)10-4-9-28-11-13-31-14-12-28/h5-8,15,22H,3-4,9-14,27H2,1-2H3/t22-/m0/s1. The molecule has 0 amide bonds. The Bertz CT molecular complexity index is 1120. The molecule has 0 radical (unpaired) electrons. The fraction of sp³-hybridized carbons (Fsp3) is 0.440. The Kier molecular flexibility index (Phi) is 7.02. The number of ether oxygens (including phenoxy) is 3. The van der Waals surface area contributed by atoms with Gasteiger partial charge in [-0.05, 0) is 38.0 Å². The summed E-state index contributed by atoms with van der Waals surface area (Å²) in [5.41, 5.74) is 8.24. The van der Waals surface area contributed by atoms with Crippen LogP contribution in [0.5, 0.6) is 11.5 Å². The first-order chi connectivity index (χ1) is 16.0. The summed E-state index contributed by atoms with van der Waals surface area (Å²) in [7, 11) is 0. The third-order valence-electron chi connectivity index (χ3n) is 6.17. The maximum Gasteiger partial charge on any atom is 0.258 e. The van der Waals surface area contributed by atoms with Gasteiger partial charge in [-0.15, -0.1) is 0 Å². The second-order valence-electron chi connectivity index (χ2n) is 8.25. The van der Waals surface area contributed by atoms with Crippen molar-refractivity contribution in [1.82, 2.24) is 9.47 Å². The van der Waals surface area contributed by atoms with Crippen LogP contribution < -0.4 is 20.8 Å². The number of rotatable bonds is 7. The van der Waals surface area contributed by atoms with Gasteiger partial charge in [-0.3, -0.25) is 9.69 Å². The van der Waals surface area contributed by atoms with Crippen LogP contribution in [0.2, 0.25) is 0 Å². The van der Waals surface area contributed by atoms with Crippen LogP contribution in [0.3, 0.4) is 0 Å². The van der Waals surface area contributed by atoms with Crippen molar-refractivity contribution in [2.45, 2.75) is 32.7 Å². The number of pyridine rings is 1. The lowest BCUT2D eigenvalue weighted by Gasteiger charge is -2.28. The lowest BCUT2D eigenvalue weighted by Crippen LogP contribution is -2.38. The van der Waals surface area contributed by atoms with E-state index in [9.17, 15) is 10.1 Å². The van der Waals surface area contributed by atoms with Gasteiger partial charge in [0.05, 0.1) is 31.3 Å². The first-order valence-corrected chi connectivity index (χ1v) is 11.4. The highest BCUT2D eigenvalue weighted by molar-refractivity contribution is 5.55. The third kappa shape index (κ3) is 4.75. The maximum atomic E-state index is 13.7. The predicted octanol–water partition coefficient (Wildman–Crippen LogP) is 2.50. The monoisotopic (exact) mass is 450 g/mol. The Balaban J connectivity index is 1.68. The van der Waals surface area contributed by atoms with E-state index in [1.54, 1.807) is 4.57 Å². The van der Waals surface area contributed by atoms with E-state index < -0.39 is 5.92 Å². The average molecular weight is 451 g/mol. The molecule has 0 saturated carbocycles. The zero-order valence-electron chi connectivity index (χ0n) is 19.2. The van der Waals surface area contributed by atoms with E-state index in [1.165, 1.54) is 0 Å². The van der Waals surface area contributed by atoms with E-state index in [2.05, 4.69) is 11.0 Å². The number of hydrogen-bond acceptors (Lipinski definition) is 7. The van der Waals surface area contributed by atoms with E-state index in [0.29, 0.717) is 24.5 Å². The zero-order chi connectivity index (χ0) is 23.4. The van der Waals surface area contributed by atoms with Crippen LogP contribution in [0.15, 0.2) is 46.6 Å². The average Bonchev–Trinajstić information content (AvgIpc) is 2.82. The number of benzene rings is 1. The molecule has 1 aromatic heterocycles. The van der Waals surface area contributed by atoms with Gasteiger partial charge in [0, 0.05) is 37.9 Å². The summed E-state index contributed by atoms with van der Waals surface area (Å²) in [6, 6.07) is 11.4. The number of nitrogens with zero attached hydrogens (tertiary/aromatic N) is 3. The topological polar surface area (TPSA) is 103 Å². The molecule has 3 heterocycles. The molecule has 2 aliphatic rings. The summed E-state index contributed by atoms with van der Waals surface area (Å²) in [5.74, 6) is 0.589. The highest BCUT2D eigenvalue weighted by atomic mass is 16.5. The number of aryl methyl sites for hydroxylation is 1. The fourth-order valence-corrected chi connectivity index (χ4v) is 4.50. The number of morpholine rings is 1. The second kappa shape index (κ2) is 10.1. The Labute approximate surface area is 193 Å². The molecule has 0 spiro atoms. The lowest BCUT2D eigenvalue weighted by molar-refractivity contribution is 0.0369. The largest absolute Gasteiger partial charge is 0.494 e. The van der Waals surface area contributed by atoms with Crippen molar-refractivity contribution in [3.05, 3.63) is 69.0 Å². The van der Waals surface area contributed by atoms with E-state index in [4.69, 9.17) is 19.9 Å². The number of allylic oxidation sites excluding steroid dienone is 1. The normalized spacial score (nSPS) is 18.4. The minimum atomic E-state index is -0.590. The van der Waals surface area contributed by atoms with Crippen molar-refractivity contribution in [3.8, 4) is 17.6 Å². The van der Waals surface area contributed by atoms with E-state index in [1.807, 2.05) is 44.2 Å². The second-order valence-corrected chi connectivity index (χ2v) is 8.25. The number of nitriles is 1. The number of hydrogen-bond donors (Lipinski definition) is 1. The first kappa shape index (κ1) is 22.9. The summed E-state index contributed by atoms with van der Waals surface area (Å²) in [4.78, 5) is 16.0. The van der Waals surface area contributed by atoms with Gasteiger partial charge in [0.1, 0.15) is 23.1 Å². The summed E-state index contributed by atoms with van der Waals surface area (Å²) in [6.07, 6.45) is 0.844. The van der Waals surface area contributed by atoms with Crippen LogP contribution in [0, 0.1) is 18.3 Å². The van der Waals surface area contributed by atoms with E-state index in [-0.39, 0.29) is 17.0 Å². The van der Waals surface area contributed by atoms with E-state index in [0.717, 1.165) is 56.3 Å². The summed E-state index contributed by atoms with van der Waals surface area (Å²) >= 11 is 0. The molecule has 0 unspecified atom stereocenters. The Morgan fingerprint density at radius 2 is 1.94 bits per heavy atom. The summed E-state index contributed by atoms with van der Waals surface area (Å²) in [6.45, 7) is 9.21. The molecule has 4 rings (SSSR count). The molecule has 1 aromatic carbocycles. The molecular formula is C25H30N4O4. The fourth-order valence-electron chi connectivity index (χ4n) is 4.50. The third-order valence-corrected chi connectivity index (χ3v) is 6.17. The molecule has 0 bridgehead atoms. The van der Waals surface area contributed by atoms with Crippen LogP contribution >= 0.6 is 0 Å². The molecule has 1 atom stereocenters. The molecule has 8 heteroatoms. The number of aromatic nitrogens is 1. The van der Waals surface area contributed by atoms with Crippen molar-refractivity contribution < 1.29 is 14.2 Å². The zero-order valence-corrected chi connectivity index (χ0v) is 19.2. The number of fused-ring (bicyclic) bond motifs is 1. The highest BCUT2D eigenvalue weighted by Gasteiger charge is 2.34. The molecule has 33 heavy (non-hydrogen) atoms. The van der Waals surface area contributed by atoms with Crippen molar-refractivity contribution in [2.75, 3.05) is 39.5 Å². The Morgan fingerprint density at radius 1 is 1.21 bits per heavy atom. The predicted molar refractivity (Wildman–Crippen MR) is 124 cm³/mol. The van der Waals surface area contributed by atoms with Gasteiger partial charge in [0.25, 0.3) is 5.56 Å². The van der Waals surface area contributed by atoms with Gasteiger partial charge < -0.3 is 24.5 Å². The van der Waals surface area contributed by atoms with Crippen molar-refractivity contribution >= 4 is 0 Å². The Hall–Kier alpha value is -3.28. The van der Waals surface area contributed by atoms with Gasteiger partial charge in [-0.1, -0.05) is 12.1 Å². The van der Waals surface area contributed by atoms with Gasteiger partial charge >= 0.3 is 0 Å². The molecular weight excluding hydrogens is 420 g/mol. The minimum Gasteiger partial charge on any atom is -0.494 e. The molecule has 1 fully saturated rings. The van der Waals surface area contributed by atoms with Gasteiger partial charge in [0.2, 0.25) is 5.88 Å². The van der Waals surface area contributed by atoms with Crippen LogP contribution in [-0.2, 0) is 11.3 Å². The Morgan fingerprint density at radius 3 is 2.61 bits per heavy atom. The van der Waals surface area contributed by atoms with Gasteiger partial charge in [-0.25, -0.2) is 0 Å². The molecule has 2 aliphatic heterocycles. The molecule has 174 valence electrons. The molecule has 8 nitrogen and oxygen atoms in total. The SMILES string of the molecule is CCOc1ccc([C@H]2C(C#N)=C(N)Oc3cc(C)n(CCCN4CCOCC4)c(=O)c32)cc1. The maximum absolute atomic E-state index is 13.7. The summed E-state index contributed by atoms with van der Waals surface area (Å²) in [5, 5.41) is 9.84. The van der Waals surface area contributed by atoms with Crippen LogP contribution in [0.1, 0.15) is 36.1 Å². The first-order valence-electron chi connectivity index (χ1n) is 11.4. The molecule has 2 N–H and O–H groups in total. The molecule has 2 aromatic rings. The highest BCUT2D eigenvalue weighted by Crippen LogP contribution is 2.40. The summed E-state index contributed by atoms with van der Waals surface area (Å²) < 4.78 is 18.5. The van der Waals surface area contributed by atoms with Gasteiger partial charge in [-0.2, -0.15) is 5.26 Å². The van der Waals surface area contributed by atoms with Crippen molar-refractivity contribution in [2.24, 2.45) is 5.73 Å². The molecule has 1 saturated heterocycles. The van der Waals surface area contributed by atoms with Crippen LogP contribution in [-0.4, -0.2) is 48.9 Å².